The number of hydrogen-bond acceptors (Lipinski definition) is 2. The Labute approximate surface area is 86.6 Å². The van der Waals surface area contributed by atoms with Crippen LogP contribution >= 0.6 is 0 Å². The van der Waals surface area contributed by atoms with E-state index in [4.69, 9.17) is 5.73 Å². The van der Waals surface area contributed by atoms with Crippen LogP contribution in [0.25, 0.3) is 0 Å². The summed E-state index contributed by atoms with van der Waals surface area (Å²) in [5.74, 6) is 1.49. The van der Waals surface area contributed by atoms with Crippen LogP contribution in [0.2, 0.25) is 0 Å². The minimum Gasteiger partial charge on any atom is -0.370 e. The molecular formula is C11H22N2O. The monoisotopic (exact) mass is 198 g/mol. The van der Waals surface area contributed by atoms with E-state index in [1.54, 1.807) is 0 Å². The van der Waals surface area contributed by atoms with E-state index in [1.807, 2.05) is 0 Å². The van der Waals surface area contributed by atoms with Crippen LogP contribution in [0.3, 0.4) is 0 Å². The molecule has 0 spiro atoms. The molecule has 1 fully saturated rings. The Morgan fingerprint density at radius 2 is 2.00 bits per heavy atom. The first-order valence-electron chi connectivity index (χ1n) is 5.60. The van der Waals surface area contributed by atoms with Gasteiger partial charge in [0.15, 0.2) is 0 Å². The van der Waals surface area contributed by atoms with E-state index < -0.39 is 0 Å². The molecule has 2 N–H and O–H groups in total. The standard InChI is InChI=1S/C11H22N2O/c1-9(2)10-3-6-13(7-4-10)8-5-11(12)14/h9-10H,3-8H2,1-2H3,(H2,12,14). The number of primary amides is 1. The molecule has 0 aromatic heterocycles. The summed E-state index contributed by atoms with van der Waals surface area (Å²) in [6.07, 6.45) is 3.05. The van der Waals surface area contributed by atoms with Crippen molar-refractivity contribution in [2.24, 2.45) is 17.6 Å². The van der Waals surface area contributed by atoms with Crippen molar-refractivity contribution in [3.05, 3.63) is 0 Å². The quantitative estimate of drug-likeness (QED) is 0.738. The van der Waals surface area contributed by atoms with Gasteiger partial charge in [-0.3, -0.25) is 4.79 Å². The third-order valence-electron chi connectivity index (χ3n) is 3.25. The zero-order chi connectivity index (χ0) is 10.6. The van der Waals surface area contributed by atoms with Crippen LogP contribution in [0, 0.1) is 11.8 Å². The van der Waals surface area contributed by atoms with Crippen molar-refractivity contribution in [2.45, 2.75) is 33.1 Å². The van der Waals surface area contributed by atoms with Crippen molar-refractivity contribution in [1.29, 1.82) is 0 Å². The zero-order valence-corrected chi connectivity index (χ0v) is 9.33. The number of carbonyl (C=O) groups excluding carboxylic acids is 1. The Morgan fingerprint density at radius 3 is 2.43 bits per heavy atom. The zero-order valence-electron chi connectivity index (χ0n) is 9.33. The van der Waals surface area contributed by atoms with E-state index in [9.17, 15) is 4.79 Å². The highest BCUT2D eigenvalue weighted by atomic mass is 16.1. The third-order valence-corrected chi connectivity index (χ3v) is 3.25. The van der Waals surface area contributed by atoms with Crippen LogP contribution in [0.4, 0.5) is 0 Å². The first-order chi connectivity index (χ1) is 6.59. The van der Waals surface area contributed by atoms with Gasteiger partial charge < -0.3 is 10.6 Å². The maximum Gasteiger partial charge on any atom is 0.218 e. The van der Waals surface area contributed by atoms with E-state index >= 15 is 0 Å². The second kappa shape index (κ2) is 5.35. The second-order valence-electron chi connectivity index (χ2n) is 4.64. The highest BCUT2D eigenvalue weighted by molar-refractivity contribution is 5.73. The summed E-state index contributed by atoms with van der Waals surface area (Å²) < 4.78 is 0. The Hall–Kier alpha value is -0.570. The summed E-state index contributed by atoms with van der Waals surface area (Å²) >= 11 is 0. The molecule has 0 bridgehead atoms. The van der Waals surface area contributed by atoms with E-state index in [2.05, 4.69) is 18.7 Å². The Kier molecular flexibility index (Phi) is 4.39. The number of nitrogens with two attached hydrogens (primary N) is 1. The molecule has 0 unspecified atom stereocenters. The van der Waals surface area contributed by atoms with Crippen LogP contribution in [0.5, 0.6) is 0 Å². The molecule has 0 radical (unpaired) electrons. The number of piperidine rings is 1. The number of hydrogen-bond donors (Lipinski definition) is 1. The largest absolute Gasteiger partial charge is 0.370 e. The molecule has 3 nitrogen and oxygen atoms in total. The van der Waals surface area contributed by atoms with Gasteiger partial charge in [-0.2, -0.15) is 0 Å². The molecule has 82 valence electrons. The van der Waals surface area contributed by atoms with Crippen molar-refractivity contribution in [1.82, 2.24) is 4.90 Å². The molecule has 14 heavy (non-hydrogen) atoms. The van der Waals surface area contributed by atoms with Gasteiger partial charge >= 0.3 is 0 Å². The third kappa shape index (κ3) is 3.66. The Bertz CT molecular complexity index is 184. The summed E-state index contributed by atoms with van der Waals surface area (Å²) in [5.41, 5.74) is 5.12. The van der Waals surface area contributed by atoms with Crippen LogP contribution in [-0.2, 0) is 4.79 Å². The molecule has 0 aromatic carbocycles. The summed E-state index contributed by atoms with van der Waals surface area (Å²) in [5, 5.41) is 0. The summed E-state index contributed by atoms with van der Waals surface area (Å²) in [6.45, 7) is 7.71. The number of amides is 1. The van der Waals surface area contributed by atoms with Crippen LogP contribution in [0.1, 0.15) is 33.1 Å². The molecule has 1 aliphatic rings. The lowest BCUT2D eigenvalue weighted by molar-refractivity contribution is -0.118. The highest BCUT2D eigenvalue weighted by Gasteiger charge is 2.21. The van der Waals surface area contributed by atoms with Gasteiger partial charge in [-0.15, -0.1) is 0 Å². The molecule has 3 heteroatoms. The second-order valence-corrected chi connectivity index (χ2v) is 4.64. The minimum atomic E-state index is -0.184. The van der Waals surface area contributed by atoms with Crippen molar-refractivity contribution < 1.29 is 4.79 Å². The number of carbonyl (C=O) groups is 1. The normalized spacial score (nSPS) is 20.2. The van der Waals surface area contributed by atoms with Gasteiger partial charge in [0.05, 0.1) is 0 Å². The predicted octanol–water partition coefficient (Wildman–Crippen LogP) is 1.23. The van der Waals surface area contributed by atoms with Gasteiger partial charge in [-0.1, -0.05) is 13.8 Å². The highest BCUT2D eigenvalue weighted by Crippen LogP contribution is 2.24. The fourth-order valence-corrected chi connectivity index (χ4v) is 2.11. The van der Waals surface area contributed by atoms with E-state index in [0.717, 1.165) is 31.5 Å². The maximum absolute atomic E-state index is 10.6. The molecule has 1 heterocycles. The average molecular weight is 198 g/mol. The molecule has 0 saturated carbocycles. The molecule has 1 amide bonds. The summed E-state index contributed by atoms with van der Waals surface area (Å²) in [6, 6.07) is 0. The fraction of sp³-hybridized carbons (Fsp3) is 0.909. The van der Waals surface area contributed by atoms with Gasteiger partial charge in [0.1, 0.15) is 0 Å². The van der Waals surface area contributed by atoms with Crippen LogP contribution < -0.4 is 5.73 Å². The van der Waals surface area contributed by atoms with Gasteiger partial charge in [-0.05, 0) is 37.8 Å². The first kappa shape index (κ1) is 11.5. The molecule has 1 rings (SSSR count). The molecule has 1 saturated heterocycles. The molecule has 0 atom stereocenters. The predicted molar refractivity (Wildman–Crippen MR) is 57.8 cm³/mol. The lowest BCUT2D eigenvalue weighted by Crippen LogP contribution is -2.37. The first-order valence-corrected chi connectivity index (χ1v) is 5.60. The number of nitrogens with zero attached hydrogens (tertiary/aromatic N) is 1. The smallest absolute Gasteiger partial charge is 0.218 e. The minimum absolute atomic E-state index is 0.184. The fourth-order valence-electron chi connectivity index (χ4n) is 2.11. The topological polar surface area (TPSA) is 46.3 Å². The van der Waals surface area contributed by atoms with Crippen molar-refractivity contribution >= 4 is 5.91 Å². The van der Waals surface area contributed by atoms with Gasteiger partial charge in [-0.25, -0.2) is 0 Å². The van der Waals surface area contributed by atoms with E-state index in [0.29, 0.717) is 6.42 Å². The average Bonchev–Trinajstić information content (AvgIpc) is 2.15. The van der Waals surface area contributed by atoms with Crippen molar-refractivity contribution in [2.75, 3.05) is 19.6 Å². The molecular weight excluding hydrogens is 176 g/mol. The molecule has 0 aliphatic carbocycles. The molecule has 0 aromatic rings. The van der Waals surface area contributed by atoms with Crippen molar-refractivity contribution in [3.63, 3.8) is 0 Å². The van der Waals surface area contributed by atoms with E-state index in [1.165, 1.54) is 12.8 Å². The lowest BCUT2D eigenvalue weighted by Gasteiger charge is -2.33. The van der Waals surface area contributed by atoms with E-state index in [-0.39, 0.29) is 5.91 Å². The SMILES string of the molecule is CC(C)C1CCN(CCC(N)=O)CC1. The summed E-state index contributed by atoms with van der Waals surface area (Å²) in [7, 11) is 0. The lowest BCUT2D eigenvalue weighted by atomic mass is 9.87. The number of likely N-dealkylation sites (tertiary alicyclic amines) is 1. The van der Waals surface area contributed by atoms with Gasteiger partial charge in [0.2, 0.25) is 5.91 Å². The summed E-state index contributed by atoms with van der Waals surface area (Å²) in [4.78, 5) is 13.0. The van der Waals surface area contributed by atoms with Gasteiger partial charge in [0, 0.05) is 13.0 Å². The van der Waals surface area contributed by atoms with Crippen LogP contribution in [-0.4, -0.2) is 30.4 Å². The molecule has 1 aliphatic heterocycles. The Balaban J connectivity index is 2.19. The van der Waals surface area contributed by atoms with Gasteiger partial charge in [0.25, 0.3) is 0 Å². The number of rotatable bonds is 4. The van der Waals surface area contributed by atoms with Crippen molar-refractivity contribution in [3.8, 4) is 0 Å². The maximum atomic E-state index is 10.6. The van der Waals surface area contributed by atoms with Crippen LogP contribution in [0.15, 0.2) is 0 Å². The Morgan fingerprint density at radius 1 is 1.43 bits per heavy atom.